The monoisotopic (exact) mass is 316 g/mol. The Morgan fingerprint density at radius 2 is 2.14 bits per heavy atom. The van der Waals surface area contributed by atoms with E-state index in [0.717, 1.165) is 23.1 Å². The van der Waals surface area contributed by atoms with E-state index >= 15 is 0 Å². The molecule has 0 saturated heterocycles. The van der Waals surface area contributed by atoms with Gasteiger partial charge in [0.05, 0.1) is 5.69 Å². The van der Waals surface area contributed by atoms with Crippen LogP contribution in [0.4, 0.5) is 5.69 Å². The van der Waals surface area contributed by atoms with E-state index in [4.69, 9.17) is 17.2 Å². The average molecular weight is 316 g/mol. The highest BCUT2D eigenvalue weighted by molar-refractivity contribution is 7.99. The molecule has 1 atom stereocenters. The van der Waals surface area contributed by atoms with Gasteiger partial charge in [-0.3, -0.25) is 0 Å². The summed E-state index contributed by atoms with van der Waals surface area (Å²) in [5, 5.41) is 9.91. The van der Waals surface area contributed by atoms with Crippen molar-refractivity contribution in [3.05, 3.63) is 24.3 Å². The van der Waals surface area contributed by atoms with Gasteiger partial charge in [0, 0.05) is 17.4 Å². The lowest BCUT2D eigenvalue weighted by Crippen LogP contribution is -2.26. The number of aliphatic imine (C=N–C) groups is 2. The second-order valence-electron chi connectivity index (χ2n) is 4.90. The van der Waals surface area contributed by atoms with Gasteiger partial charge in [-0.2, -0.15) is 4.99 Å². The largest absolute Gasteiger partial charge is 0.370 e. The molecule has 1 aliphatic rings. The molecule has 1 aliphatic heterocycles. The highest BCUT2D eigenvalue weighted by Crippen LogP contribution is 2.34. The van der Waals surface area contributed by atoms with Crippen LogP contribution in [0.15, 0.2) is 39.4 Å². The van der Waals surface area contributed by atoms with Crippen LogP contribution in [-0.2, 0) is 6.54 Å². The number of benzene rings is 1. The van der Waals surface area contributed by atoms with Crippen molar-refractivity contribution in [1.29, 1.82) is 0 Å². The van der Waals surface area contributed by atoms with Gasteiger partial charge in [0.25, 0.3) is 0 Å². The van der Waals surface area contributed by atoms with E-state index in [9.17, 15) is 0 Å². The number of hydrogen-bond donors (Lipinski definition) is 3. The van der Waals surface area contributed by atoms with Crippen LogP contribution >= 0.6 is 11.8 Å². The third-order valence-corrected chi connectivity index (χ3v) is 4.12. The molecule has 0 amide bonds. The van der Waals surface area contributed by atoms with E-state index in [1.807, 2.05) is 24.3 Å². The topological polar surface area (TPSA) is 133 Å². The van der Waals surface area contributed by atoms with Crippen molar-refractivity contribution in [3.8, 4) is 11.4 Å². The standard InChI is InChI=1S/C13H16N8S/c1-7-6-21-10(19-20-13(21)22-7)8-3-2-4-9(5-8)17-12(16)18-11(14)15/h2-5,7H,6H2,1H3,(H6,14,15,16,17,18). The highest BCUT2D eigenvalue weighted by Gasteiger charge is 2.24. The van der Waals surface area contributed by atoms with Crippen molar-refractivity contribution >= 4 is 29.4 Å². The fourth-order valence-corrected chi connectivity index (χ4v) is 3.19. The van der Waals surface area contributed by atoms with Gasteiger partial charge in [0.15, 0.2) is 16.9 Å². The molecule has 1 aromatic carbocycles. The van der Waals surface area contributed by atoms with Crippen LogP contribution in [0.3, 0.4) is 0 Å². The summed E-state index contributed by atoms with van der Waals surface area (Å²) in [6, 6.07) is 7.53. The van der Waals surface area contributed by atoms with Crippen LogP contribution in [0, 0.1) is 0 Å². The van der Waals surface area contributed by atoms with E-state index in [2.05, 4.69) is 31.7 Å². The number of nitrogens with two attached hydrogens (primary N) is 3. The smallest absolute Gasteiger partial charge is 0.223 e. The summed E-state index contributed by atoms with van der Waals surface area (Å²) in [6.07, 6.45) is 0. The number of guanidine groups is 2. The molecule has 22 heavy (non-hydrogen) atoms. The first kappa shape index (κ1) is 14.4. The molecule has 0 radical (unpaired) electrons. The van der Waals surface area contributed by atoms with Crippen LogP contribution in [0.1, 0.15) is 6.92 Å². The fraction of sp³-hybridized carbons (Fsp3) is 0.231. The summed E-state index contributed by atoms with van der Waals surface area (Å²) >= 11 is 1.72. The summed E-state index contributed by atoms with van der Waals surface area (Å²) in [6.45, 7) is 3.06. The first-order valence-corrected chi connectivity index (χ1v) is 7.55. The minimum atomic E-state index is -0.126. The maximum Gasteiger partial charge on any atom is 0.223 e. The Balaban J connectivity index is 1.94. The van der Waals surface area contributed by atoms with Crippen molar-refractivity contribution in [3.63, 3.8) is 0 Å². The lowest BCUT2D eigenvalue weighted by molar-refractivity contribution is 0.675. The number of aromatic nitrogens is 3. The molecule has 3 rings (SSSR count). The second kappa shape index (κ2) is 5.68. The Labute approximate surface area is 131 Å². The van der Waals surface area contributed by atoms with Gasteiger partial charge in [0.2, 0.25) is 5.96 Å². The molecule has 0 saturated carbocycles. The first-order valence-electron chi connectivity index (χ1n) is 6.67. The number of nitrogens with zero attached hydrogens (tertiary/aromatic N) is 5. The van der Waals surface area contributed by atoms with Crippen LogP contribution in [-0.4, -0.2) is 31.9 Å². The van der Waals surface area contributed by atoms with E-state index < -0.39 is 0 Å². The molecular weight excluding hydrogens is 300 g/mol. The zero-order valence-corrected chi connectivity index (χ0v) is 12.8. The molecule has 0 spiro atoms. The predicted octanol–water partition coefficient (Wildman–Crippen LogP) is 0.659. The zero-order chi connectivity index (χ0) is 15.7. The quantitative estimate of drug-likeness (QED) is 0.550. The first-order chi connectivity index (χ1) is 10.5. The molecule has 1 unspecified atom stereocenters. The van der Waals surface area contributed by atoms with Crippen molar-refractivity contribution < 1.29 is 0 Å². The summed E-state index contributed by atoms with van der Waals surface area (Å²) in [7, 11) is 0. The molecular formula is C13H16N8S. The van der Waals surface area contributed by atoms with Gasteiger partial charge < -0.3 is 21.8 Å². The number of hydrogen-bond acceptors (Lipinski definition) is 4. The van der Waals surface area contributed by atoms with Gasteiger partial charge in [0.1, 0.15) is 0 Å². The van der Waals surface area contributed by atoms with Crippen LogP contribution in [0.25, 0.3) is 11.4 Å². The Hall–Kier alpha value is -2.55. The normalized spacial score (nSPS) is 17.3. The lowest BCUT2D eigenvalue weighted by atomic mass is 10.2. The van der Waals surface area contributed by atoms with Crippen molar-refractivity contribution in [2.45, 2.75) is 23.9 Å². The molecule has 8 nitrogen and oxygen atoms in total. The van der Waals surface area contributed by atoms with E-state index in [-0.39, 0.29) is 11.9 Å². The third-order valence-electron chi connectivity index (χ3n) is 3.05. The van der Waals surface area contributed by atoms with E-state index in [1.165, 1.54) is 0 Å². The molecule has 6 N–H and O–H groups in total. The third kappa shape index (κ3) is 2.89. The number of fused-ring (bicyclic) bond motifs is 1. The summed E-state index contributed by atoms with van der Waals surface area (Å²) in [4.78, 5) is 7.86. The van der Waals surface area contributed by atoms with Crippen LogP contribution in [0.2, 0.25) is 0 Å². The van der Waals surface area contributed by atoms with Crippen molar-refractivity contribution in [2.24, 2.45) is 27.2 Å². The molecule has 0 aliphatic carbocycles. The Kier molecular flexibility index (Phi) is 3.72. The van der Waals surface area contributed by atoms with Gasteiger partial charge >= 0.3 is 0 Å². The van der Waals surface area contributed by atoms with Crippen LogP contribution in [0.5, 0.6) is 0 Å². The fourth-order valence-electron chi connectivity index (χ4n) is 2.23. The Bertz CT molecular complexity index is 759. The minimum absolute atomic E-state index is 0.00722. The summed E-state index contributed by atoms with van der Waals surface area (Å²) in [5.74, 6) is 0.704. The molecule has 0 bridgehead atoms. The van der Waals surface area contributed by atoms with E-state index in [1.54, 1.807) is 11.8 Å². The highest BCUT2D eigenvalue weighted by atomic mass is 32.2. The predicted molar refractivity (Wildman–Crippen MR) is 87.9 cm³/mol. The molecule has 2 aromatic rings. The lowest BCUT2D eigenvalue weighted by Gasteiger charge is -2.04. The summed E-state index contributed by atoms with van der Waals surface area (Å²) < 4.78 is 2.11. The number of thioether (sulfide) groups is 1. The van der Waals surface area contributed by atoms with Gasteiger partial charge in [-0.05, 0) is 12.1 Å². The minimum Gasteiger partial charge on any atom is -0.370 e. The van der Waals surface area contributed by atoms with Crippen LogP contribution < -0.4 is 17.2 Å². The number of rotatable bonds is 2. The SMILES string of the molecule is CC1Cn2c(nnc2-c2cccc(N=C(N)N=C(N)N)c2)S1. The van der Waals surface area contributed by atoms with Gasteiger partial charge in [-0.1, -0.05) is 30.8 Å². The van der Waals surface area contributed by atoms with Gasteiger partial charge in [-0.15, -0.1) is 10.2 Å². The van der Waals surface area contributed by atoms with Crippen molar-refractivity contribution in [2.75, 3.05) is 0 Å². The maximum atomic E-state index is 5.65. The van der Waals surface area contributed by atoms with Crippen molar-refractivity contribution in [1.82, 2.24) is 14.8 Å². The second-order valence-corrected chi connectivity index (χ2v) is 6.31. The average Bonchev–Trinajstić information content (AvgIpc) is 2.96. The molecule has 9 heteroatoms. The maximum absolute atomic E-state index is 5.65. The molecule has 114 valence electrons. The summed E-state index contributed by atoms with van der Waals surface area (Å²) in [5.41, 5.74) is 17.8. The zero-order valence-electron chi connectivity index (χ0n) is 12.0. The van der Waals surface area contributed by atoms with Gasteiger partial charge in [-0.25, -0.2) is 4.99 Å². The molecule has 1 aromatic heterocycles. The Morgan fingerprint density at radius 1 is 1.32 bits per heavy atom. The van der Waals surface area contributed by atoms with E-state index in [0.29, 0.717) is 10.9 Å². The molecule has 2 heterocycles. The Morgan fingerprint density at radius 3 is 2.91 bits per heavy atom. The molecule has 0 fully saturated rings.